The van der Waals surface area contributed by atoms with Crippen molar-refractivity contribution >= 4 is 17.0 Å². The van der Waals surface area contributed by atoms with E-state index in [1.165, 1.54) is 5.57 Å². The minimum absolute atomic E-state index is 0.151. The molecule has 3 aromatic rings. The lowest BCUT2D eigenvalue weighted by molar-refractivity contribution is 0.128. The molecule has 4 heteroatoms. The van der Waals surface area contributed by atoms with Crippen molar-refractivity contribution in [2.75, 3.05) is 0 Å². The lowest BCUT2D eigenvalue weighted by Crippen LogP contribution is -2.31. The number of fused-ring (bicyclic) bond motifs is 2. The normalized spacial score (nSPS) is 18.0. The summed E-state index contributed by atoms with van der Waals surface area (Å²) in [6.07, 6.45) is 7.92. The summed E-state index contributed by atoms with van der Waals surface area (Å²) in [5, 5.41) is 21.0. The second kappa shape index (κ2) is 6.79. The Morgan fingerprint density at radius 1 is 1.11 bits per heavy atom. The summed E-state index contributed by atoms with van der Waals surface area (Å²) in [4.78, 5) is 0. The fraction of sp³-hybridized carbons (Fsp3) is 0.250. The van der Waals surface area contributed by atoms with Crippen molar-refractivity contribution in [3.8, 4) is 28.6 Å². The zero-order valence-corrected chi connectivity index (χ0v) is 16.3. The highest BCUT2D eigenvalue weighted by atomic mass is 16.5. The van der Waals surface area contributed by atoms with Gasteiger partial charge in [0, 0.05) is 17.0 Å². The summed E-state index contributed by atoms with van der Waals surface area (Å²) in [6, 6.07) is 10.5. The first-order chi connectivity index (χ1) is 13.3. The quantitative estimate of drug-likeness (QED) is 0.516. The lowest BCUT2D eigenvalue weighted by atomic mass is 9.93. The van der Waals surface area contributed by atoms with E-state index in [-0.39, 0.29) is 11.5 Å². The van der Waals surface area contributed by atoms with E-state index in [2.05, 4.69) is 26.8 Å². The zero-order chi connectivity index (χ0) is 19.9. The minimum Gasteiger partial charge on any atom is -0.508 e. The van der Waals surface area contributed by atoms with E-state index in [1.807, 2.05) is 24.3 Å². The number of benzene rings is 2. The van der Waals surface area contributed by atoms with E-state index in [0.29, 0.717) is 22.7 Å². The highest BCUT2D eigenvalue weighted by Crippen LogP contribution is 2.42. The molecule has 0 spiro atoms. The van der Waals surface area contributed by atoms with Crippen LogP contribution in [0.15, 0.2) is 58.5 Å². The van der Waals surface area contributed by atoms with Gasteiger partial charge in [-0.3, -0.25) is 0 Å². The highest BCUT2D eigenvalue weighted by molar-refractivity contribution is 5.85. The summed E-state index contributed by atoms with van der Waals surface area (Å²) in [7, 11) is 0. The van der Waals surface area contributed by atoms with E-state index in [0.717, 1.165) is 23.8 Å². The van der Waals surface area contributed by atoms with E-state index in [1.54, 1.807) is 24.3 Å². The molecule has 0 radical (unpaired) electrons. The van der Waals surface area contributed by atoms with Gasteiger partial charge in [-0.1, -0.05) is 11.6 Å². The van der Waals surface area contributed by atoms with Crippen LogP contribution >= 0.6 is 0 Å². The van der Waals surface area contributed by atoms with Crippen LogP contribution in [0.3, 0.4) is 0 Å². The van der Waals surface area contributed by atoms with Gasteiger partial charge < -0.3 is 19.4 Å². The fourth-order valence-corrected chi connectivity index (χ4v) is 3.49. The molecule has 2 N–H and O–H groups in total. The molecule has 1 aromatic heterocycles. The molecule has 0 amide bonds. The number of allylic oxidation sites excluding steroid dienone is 2. The van der Waals surface area contributed by atoms with E-state index < -0.39 is 5.60 Å². The molecule has 1 aliphatic heterocycles. The second-order valence-electron chi connectivity index (χ2n) is 7.81. The van der Waals surface area contributed by atoms with Gasteiger partial charge in [-0.25, -0.2) is 0 Å². The van der Waals surface area contributed by atoms with Crippen molar-refractivity contribution in [2.45, 2.75) is 39.2 Å². The summed E-state index contributed by atoms with van der Waals surface area (Å²) in [6.45, 7) is 6.23. The van der Waals surface area contributed by atoms with Crippen LogP contribution in [0, 0.1) is 0 Å². The Morgan fingerprint density at radius 2 is 1.93 bits per heavy atom. The molecule has 2 aromatic carbocycles. The van der Waals surface area contributed by atoms with Gasteiger partial charge in [-0.05, 0) is 76.1 Å². The van der Waals surface area contributed by atoms with Gasteiger partial charge >= 0.3 is 0 Å². The molecule has 28 heavy (non-hydrogen) atoms. The van der Waals surface area contributed by atoms with Crippen LogP contribution in [-0.4, -0.2) is 15.8 Å². The van der Waals surface area contributed by atoms with E-state index in [4.69, 9.17) is 9.15 Å². The van der Waals surface area contributed by atoms with Crippen LogP contribution in [0.1, 0.15) is 39.2 Å². The third kappa shape index (κ3) is 3.50. The fourth-order valence-electron chi connectivity index (χ4n) is 3.49. The Bertz CT molecular complexity index is 1100. The average Bonchev–Trinajstić information content (AvgIpc) is 3.04. The summed E-state index contributed by atoms with van der Waals surface area (Å²) < 4.78 is 12.2. The standard InChI is InChI=1S/C24H24O4/c1-15(2)5-4-9-24(3)10-8-19-20(26)11-17(13-23(19)28-24)21-12-16-6-7-18(25)14-22(16)27-21/h5-8,10-14,25-26H,4,9H2,1-3H3. The Hall–Kier alpha value is -3.14. The van der Waals surface area contributed by atoms with Gasteiger partial charge in [-0.2, -0.15) is 0 Å². The molecule has 4 rings (SSSR count). The van der Waals surface area contributed by atoms with Crippen LogP contribution in [0.25, 0.3) is 28.4 Å². The summed E-state index contributed by atoms with van der Waals surface area (Å²) in [5.74, 6) is 1.56. The minimum atomic E-state index is -0.427. The number of phenols is 2. The topological polar surface area (TPSA) is 62.8 Å². The molecule has 0 saturated heterocycles. The molecule has 0 aliphatic carbocycles. The maximum absolute atomic E-state index is 10.5. The molecule has 2 heterocycles. The number of ether oxygens (including phenoxy) is 1. The van der Waals surface area contributed by atoms with Crippen LogP contribution < -0.4 is 4.74 Å². The number of hydrogen-bond acceptors (Lipinski definition) is 4. The van der Waals surface area contributed by atoms with E-state index in [9.17, 15) is 10.2 Å². The predicted molar refractivity (Wildman–Crippen MR) is 112 cm³/mol. The first-order valence-corrected chi connectivity index (χ1v) is 9.44. The van der Waals surface area contributed by atoms with Gasteiger partial charge in [0.2, 0.25) is 0 Å². The first kappa shape index (κ1) is 18.2. The maximum atomic E-state index is 10.5. The molecular formula is C24H24O4. The van der Waals surface area contributed by atoms with E-state index >= 15 is 0 Å². The Balaban J connectivity index is 1.68. The monoisotopic (exact) mass is 376 g/mol. The molecule has 144 valence electrons. The number of furan rings is 1. The van der Waals surface area contributed by atoms with Crippen LogP contribution in [0.5, 0.6) is 17.2 Å². The first-order valence-electron chi connectivity index (χ1n) is 9.44. The van der Waals surface area contributed by atoms with Crippen LogP contribution in [-0.2, 0) is 0 Å². The van der Waals surface area contributed by atoms with Gasteiger partial charge in [0.25, 0.3) is 0 Å². The Labute approximate surface area is 164 Å². The second-order valence-corrected chi connectivity index (χ2v) is 7.81. The number of aromatic hydroxyl groups is 2. The predicted octanol–water partition coefficient (Wildman–Crippen LogP) is 6.42. The van der Waals surface area contributed by atoms with Gasteiger partial charge in [0.05, 0.1) is 5.56 Å². The number of hydrogen-bond donors (Lipinski definition) is 2. The molecule has 0 bridgehead atoms. The Morgan fingerprint density at radius 3 is 2.71 bits per heavy atom. The van der Waals surface area contributed by atoms with Gasteiger partial charge in [-0.15, -0.1) is 0 Å². The lowest BCUT2D eigenvalue weighted by Gasteiger charge is -2.32. The van der Waals surface area contributed by atoms with Crippen LogP contribution in [0.2, 0.25) is 0 Å². The van der Waals surface area contributed by atoms with Gasteiger partial charge in [0.15, 0.2) is 0 Å². The third-order valence-electron chi connectivity index (χ3n) is 5.05. The zero-order valence-electron chi connectivity index (χ0n) is 16.3. The largest absolute Gasteiger partial charge is 0.508 e. The van der Waals surface area contributed by atoms with Crippen molar-refractivity contribution in [2.24, 2.45) is 0 Å². The summed E-state index contributed by atoms with van der Waals surface area (Å²) >= 11 is 0. The smallest absolute Gasteiger partial charge is 0.138 e. The van der Waals surface area contributed by atoms with Crippen molar-refractivity contribution in [3.05, 3.63) is 59.7 Å². The average molecular weight is 376 g/mol. The molecule has 0 saturated carbocycles. The SMILES string of the molecule is CC(C)=CCCC1(C)C=Cc2c(O)cc(-c3cc4ccc(O)cc4o3)cc2O1. The molecule has 1 unspecified atom stereocenters. The van der Waals surface area contributed by atoms with Crippen molar-refractivity contribution in [3.63, 3.8) is 0 Å². The molecule has 0 fully saturated rings. The molecule has 4 nitrogen and oxygen atoms in total. The Kier molecular flexibility index (Phi) is 4.42. The maximum Gasteiger partial charge on any atom is 0.138 e. The van der Waals surface area contributed by atoms with Gasteiger partial charge in [0.1, 0.15) is 34.2 Å². The highest BCUT2D eigenvalue weighted by Gasteiger charge is 2.28. The summed E-state index contributed by atoms with van der Waals surface area (Å²) in [5.41, 5.74) is 2.87. The van der Waals surface area contributed by atoms with Crippen molar-refractivity contribution in [1.29, 1.82) is 0 Å². The third-order valence-corrected chi connectivity index (χ3v) is 5.05. The molecular weight excluding hydrogens is 352 g/mol. The molecule has 1 aliphatic rings. The van der Waals surface area contributed by atoms with Crippen molar-refractivity contribution < 1.29 is 19.4 Å². The van der Waals surface area contributed by atoms with Crippen molar-refractivity contribution in [1.82, 2.24) is 0 Å². The van der Waals surface area contributed by atoms with Crippen LogP contribution in [0.4, 0.5) is 0 Å². The number of phenolic OH excluding ortho intramolecular Hbond substituents is 2. The number of rotatable bonds is 4. The molecule has 1 atom stereocenters.